The van der Waals surface area contributed by atoms with Crippen molar-refractivity contribution < 1.29 is 24.3 Å². The van der Waals surface area contributed by atoms with Gasteiger partial charge in [0.05, 0.1) is 11.5 Å². The second-order valence-corrected chi connectivity index (χ2v) is 2.66. The van der Waals surface area contributed by atoms with Crippen molar-refractivity contribution in [2.24, 2.45) is 0 Å². The van der Waals surface area contributed by atoms with Gasteiger partial charge >= 0.3 is 17.5 Å². The summed E-state index contributed by atoms with van der Waals surface area (Å²) < 4.78 is 9.57. The van der Waals surface area contributed by atoms with Gasteiger partial charge in [-0.3, -0.25) is 15.2 Å². The molecule has 16 heavy (non-hydrogen) atoms. The summed E-state index contributed by atoms with van der Waals surface area (Å²) in [6, 6.07) is 0. The normalized spacial score (nSPS) is 10.1. The van der Waals surface area contributed by atoms with Crippen LogP contribution in [0.15, 0.2) is 0 Å². The van der Waals surface area contributed by atoms with E-state index in [2.05, 4.69) is 9.84 Å². The van der Waals surface area contributed by atoms with Crippen LogP contribution in [-0.4, -0.2) is 46.5 Å². The molecule has 0 fully saturated rings. The molecule has 0 saturated carbocycles. The number of H-pyrrole nitrogens is 1. The van der Waals surface area contributed by atoms with Crippen LogP contribution in [0.3, 0.4) is 0 Å². The van der Waals surface area contributed by atoms with Crippen LogP contribution < -0.4 is 4.74 Å². The lowest BCUT2D eigenvalue weighted by Gasteiger charge is -2.00. The summed E-state index contributed by atoms with van der Waals surface area (Å²) in [6.07, 6.45) is 0. The van der Waals surface area contributed by atoms with Gasteiger partial charge in [0.15, 0.2) is 0 Å². The molecule has 9 heteroatoms. The Balaban J connectivity index is 2.92. The second-order valence-electron chi connectivity index (χ2n) is 2.66. The summed E-state index contributed by atoms with van der Waals surface area (Å²) in [5.41, 5.74) is -1.30. The lowest BCUT2D eigenvalue weighted by atomic mass is 10.4. The zero-order chi connectivity index (χ0) is 12.1. The Hall–Kier alpha value is -2.16. The SMILES string of the molecule is COCCOc1n[nH]c(C(=O)O)c1[N+](=O)[O-]. The van der Waals surface area contributed by atoms with Gasteiger partial charge in [0.2, 0.25) is 5.69 Å². The second kappa shape index (κ2) is 5.07. The summed E-state index contributed by atoms with van der Waals surface area (Å²) >= 11 is 0. The number of aromatic amines is 1. The van der Waals surface area contributed by atoms with E-state index in [0.29, 0.717) is 0 Å². The number of carbonyl (C=O) groups is 1. The minimum atomic E-state index is -1.47. The first kappa shape index (κ1) is 11.9. The molecule has 0 atom stereocenters. The zero-order valence-electron chi connectivity index (χ0n) is 8.30. The first-order valence-corrected chi connectivity index (χ1v) is 4.15. The van der Waals surface area contributed by atoms with Crippen molar-refractivity contribution in [2.45, 2.75) is 0 Å². The predicted octanol–water partition coefficient (Wildman–Crippen LogP) is 0.0413. The summed E-state index contributed by atoms with van der Waals surface area (Å²) in [5, 5.41) is 24.7. The number of nitrogens with zero attached hydrogens (tertiary/aromatic N) is 2. The van der Waals surface area contributed by atoms with Gasteiger partial charge in [0.25, 0.3) is 0 Å². The Morgan fingerprint density at radius 1 is 1.62 bits per heavy atom. The molecule has 0 aliphatic heterocycles. The van der Waals surface area contributed by atoms with Crippen LogP contribution in [0.2, 0.25) is 0 Å². The topological polar surface area (TPSA) is 128 Å². The van der Waals surface area contributed by atoms with E-state index in [0.717, 1.165) is 0 Å². The number of nitrogens with one attached hydrogen (secondary N) is 1. The van der Waals surface area contributed by atoms with Crippen LogP contribution in [0, 0.1) is 10.1 Å². The van der Waals surface area contributed by atoms with E-state index >= 15 is 0 Å². The average Bonchev–Trinajstić information content (AvgIpc) is 2.62. The number of aromatic nitrogens is 2. The molecule has 0 aliphatic rings. The van der Waals surface area contributed by atoms with Gasteiger partial charge in [-0.25, -0.2) is 4.79 Å². The van der Waals surface area contributed by atoms with Gasteiger partial charge in [-0.2, -0.15) is 0 Å². The van der Waals surface area contributed by atoms with Crippen LogP contribution in [0.5, 0.6) is 5.88 Å². The minimum Gasteiger partial charge on any atom is -0.476 e. The number of hydrogen-bond acceptors (Lipinski definition) is 6. The molecule has 0 aliphatic carbocycles. The molecule has 0 aromatic carbocycles. The van der Waals surface area contributed by atoms with E-state index in [-0.39, 0.29) is 19.1 Å². The highest BCUT2D eigenvalue weighted by Gasteiger charge is 2.30. The van der Waals surface area contributed by atoms with Crippen LogP contribution in [-0.2, 0) is 4.74 Å². The number of carboxylic acid groups (broad SMARTS) is 1. The fourth-order valence-electron chi connectivity index (χ4n) is 0.960. The number of carboxylic acids is 1. The lowest BCUT2D eigenvalue weighted by molar-refractivity contribution is -0.386. The monoisotopic (exact) mass is 231 g/mol. The van der Waals surface area contributed by atoms with Crippen molar-refractivity contribution in [1.29, 1.82) is 0 Å². The zero-order valence-corrected chi connectivity index (χ0v) is 8.30. The molecule has 1 aromatic rings. The van der Waals surface area contributed by atoms with Crippen molar-refractivity contribution in [3.63, 3.8) is 0 Å². The summed E-state index contributed by atoms with van der Waals surface area (Å²) in [5.74, 6) is -1.83. The van der Waals surface area contributed by atoms with Crippen molar-refractivity contribution in [2.75, 3.05) is 20.3 Å². The van der Waals surface area contributed by atoms with Crippen molar-refractivity contribution >= 4 is 11.7 Å². The highest BCUT2D eigenvalue weighted by Crippen LogP contribution is 2.27. The third-order valence-electron chi connectivity index (χ3n) is 1.63. The van der Waals surface area contributed by atoms with Crippen molar-refractivity contribution in [3.05, 3.63) is 15.8 Å². The molecule has 0 saturated heterocycles. The van der Waals surface area contributed by atoms with Gasteiger partial charge in [0.1, 0.15) is 6.61 Å². The molecule has 2 N–H and O–H groups in total. The van der Waals surface area contributed by atoms with E-state index in [1.54, 1.807) is 0 Å². The summed E-state index contributed by atoms with van der Waals surface area (Å²) in [6.45, 7) is 0.258. The quantitative estimate of drug-likeness (QED) is 0.401. The molecular formula is C7H9N3O6. The van der Waals surface area contributed by atoms with E-state index in [1.807, 2.05) is 5.10 Å². The maximum absolute atomic E-state index is 10.6. The van der Waals surface area contributed by atoms with E-state index < -0.39 is 22.3 Å². The molecule has 9 nitrogen and oxygen atoms in total. The number of hydrogen-bond donors (Lipinski definition) is 2. The largest absolute Gasteiger partial charge is 0.476 e. The van der Waals surface area contributed by atoms with Gasteiger partial charge < -0.3 is 14.6 Å². The Morgan fingerprint density at radius 2 is 2.31 bits per heavy atom. The highest BCUT2D eigenvalue weighted by molar-refractivity contribution is 5.91. The van der Waals surface area contributed by atoms with Crippen LogP contribution in [0.25, 0.3) is 0 Å². The molecule has 0 amide bonds. The molecule has 1 rings (SSSR count). The van der Waals surface area contributed by atoms with Crippen molar-refractivity contribution in [3.8, 4) is 5.88 Å². The molecule has 0 spiro atoms. The molecule has 1 heterocycles. The minimum absolute atomic E-state index is 0.0429. The number of aromatic carboxylic acids is 1. The van der Waals surface area contributed by atoms with Gasteiger partial charge in [0, 0.05) is 7.11 Å². The van der Waals surface area contributed by atoms with E-state index in [9.17, 15) is 14.9 Å². The van der Waals surface area contributed by atoms with Gasteiger partial charge in [-0.1, -0.05) is 0 Å². The van der Waals surface area contributed by atoms with Crippen LogP contribution >= 0.6 is 0 Å². The maximum atomic E-state index is 10.6. The fourth-order valence-corrected chi connectivity index (χ4v) is 0.960. The standard InChI is InChI=1S/C7H9N3O6/c1-15-2-3-16-6-5(10(13)14)4(7(11)12)8-9-6/h2-3H2,1H3,(H,8,9)(H,11,12). The molecule has 0 radical (unpaired) electrons. The third kappa shape index (κ3) is 2.45. The predicted molar refractivity (Wildman–Crippen MR) is 49.6 cm³/mol. The Kier molecular flexibility index (Phi) is 3.78. The Morgan fingerprint density at radius 3 is 2.81 bits per heavy atom. The molecule has 0 unspecified atom stereocenters. The Bertz CT molecular complexity index is 401. The van der Waals surface area contributed by atoms with Gasteiger partial charge in [-0.05, 0) is 0 Å². The molecule has 1 aromatic heterocycles. The van der Waals surface area contributed by atoms with E-state index in [1.165, 1.54) is 7.11 Å². The number of rotatable bonds is 6. The third-order valence-corrected chi connectivity index (χ3v) is 1.63. The van der Waals surface area contributed by atoms with Gasteiger partial charge in [-0.15, -0.1) is 5.10 Å². The number of nitro groups is 1. The molecule has 88 valence electrons. The first-order valence-electron chi connectivity index (χ1n) is 4.15. The molecule has 0 bridgehead atoms. The lowest BCUT2D eigenvalue weighted by Crippen LogP contribution is -2.06. The summed E-state index contributed by atoms with van der Waals surface area (Å²) in [4.78, 5) is 20.4. The van der Waals surface area contributed by atoms with Crippen molar-refractivity contribution in [1.82, 2.24) is 10.2 Å². The number of ether oxygens (including phenoxy) is 2. The number of methoxy groups -OCH3 is 1. The first-order chi connectivity index (χ1) is 7.57. The average molecular weight is 231 g/mol. The highest BCUT2D eigenvalue weighted by atomic mass is 16.6. The maximum Gasteiger partial charge on any atom is 0.364 e. The smallest absolute Gasteiger partial charge is 0.364 e. The summed E-state index contributed by atoms with van der Waals surface area (Å²) in [7, 11) is 1.44. The van der Waals surface area contributed by atoms with Crippen LogP contribution in [0.4, 0.5) is 5.69 Å². The van der Waals surface area contributed by atoms with Crippen LogP contribution in [0.1, 0.15) is 10.5 Å². The molecular weight excluding hydrogens is 222 g/mol. The Labute approximate surface area is 89.1 Å². The fraction of sp³-hybridized carbons (Fsp3) is 0.429. The van der Waals surface area contributed by atoms with E-state index in [4.69, 9.17) is 9.84 Å².